The molecule has 8 heteroatoms. The molecule has 172 valence electrons. The summed E-state index contributed by atoms with van der Waals surface area (Å²) in [6, 6.07) is 3.47. The van der Waals surface area contributed by atoms with E-state index in [1.807, 2.05) is 20.8 Å². The second-order valence-corrected chi connectivity index (χ2v) is 11.4. The van der Waals surface area contributed by atoms with E-state index in [2.05, 4.69) is 36.7 Å². The maximum absolute atomic E-state index is 13.2. The summed E-state index contributed by atoms with van der Waals surface area (Å²) in [4.78, 5) is 31.7. The predicted molar refractivity (Wildman–Crippen MR) is 130 cm³/mol. The normalized spacial score (nSPS) is 12.3. The molecule has 2 rings (SSSR count). The van der Waals surface area contributed by atoms with Crippen molar-refractivity contribution in [1.82, 2.24) is 14.5 Å². The van der Waals surface area contributed by atoms with Crippen LogP contribution in [0.4, 0.5) is 4.79 Å². The fourth-order valence-electron chi connectivity index (χ4n) is 3.15. The molecule has 0 spiro atoms. The first-order valence-electron chi connectivity index (χ1n) is 10.5. The minimum Gasteiger partial charge on any atom is -0.444 e. The van der Waals surface area contributed by atoms with Crippen molar-refractivity contribution in [2.75, 3.05) is 13.6 Å². The number of hydrogen-bond donors (Lipinski definition) is 0. The average molecular weight is 515 g/mol. The number of unbranched alkanes of at least 4 members (excludes halogenated alkanes) is 1. The number of halogens is 2. The molecule has 0 atom stereocenters. The van der Waals surface area contributed by atoms with Crippen LogP contribution >= 0.6 is 27.5 Å². The Bertz CT molecular complexity index is 1010. The zero-order chi connectivity index (χ0) is 23.6. The molecule has 0 saturated heterocycles. The number of fused-ring (bicyclic) bond motifs is 1. The summed E-state index contributed by atoms with van der Waals surface area (Å²) < 4.78 is 7.87. The van der Waals surface area contributed by atoms with Crippen molar-refractivity contribution >= 4 is 44.5 Å². The van der Waals surface area contributed by atoms with Crippen LogP contribution in [0, 0.1) is 5.41 Å². The number of benzene rings is 1. The molecule has 1 amide bonds. The van der Waals surface area contributed by atoms with Crippen molar-refractivity contribution in [2.45, 2.75) is 73.0 Å². The van der Waals surface area contributed by atoms with E-state index in [0.29, 0.717) is 39.9 Å². The van der Waals surface area contributed by atoms with Crippen LogP contribution in [0.5, 0.6) is 0 Å². The molecule has 0 unspecified atom stereocenters. The first-order valence-corrected chi connectivity index (χ1v) is 11.7. The van der Waals surface area contributed by atoms with Gasteiger partial charge in [-0.25, -0.2) is 9.78 Å². The number of ether oxygens (including phenoxy) is 1. The summed E-state index contributed by atoms with van der Waals surface area (Å²) in [5.41, 5.74) is -0.0348. The van der Waals surface area contributed by atoms with E-state index in [1.54, 1.807) is 28.6 Å². The summed E-state index contributed by atoms with van der Waals surface area (Å²) >= 11 is 9.63. The minimum atomic E-state index is -0.513. The summed E-state index contributed by atoms with van der Waals surface area (Å²) in [6.07, 6.45) is 1.89. The second-order valence-electron chi connectivity index (χ2n) is 10.1. The van der Waals surface area contributed by atoms with Crippen molar-refractivity contribution in [2.24, 2.45) is 5.41 Å². The molecule has 1 aromatic heterocycles. The summed E-state index contributed by atoms with van der Waals surface area (Å²) in [5.74, 6) is 0.751. The van der Waals surface area contributed by atoms with Gasteiger partial charge in [-0.1, -0.05) is 32.4 Å². The lowest BCUT2D eigenvalue weighted by Crippen LogP contribution is -2.34. The molecule has 0 saturated carbocycles. The van der Waals surface area contributed by atoms with Gasteiger partial charge < -0.3 is 9.64 Å². The van der Waals surface area contributed by atoms with E-state index in [0.717, 1.165) is 18.7 Å². The van der Waals surface area contributed by atoms with Gasteiger partial charge in [-0.3, -0.25) is 9.36 Å². The maximum Gasteiger partial charge on any atom is 0.410 e. The first-order chi connectivity index (χ1) is 14.2. The lowest BCUT2D eigenvalue weighted by molar-refractivity contribution is 0.0296. The number of aryl methyl sites for hydroxylation is 1. The largest absolute Gasteiger partial charge is 0.444 e. The molecule has 1 heterocycles. The number of nitrogens with zero attached hydrogens (tertiary/aromatic N) is 3. The van der Waals surface area contributed by atoms with Crippen molar-refractivity contribution in [3.63, 3.8) is 0 Å². The number of rotatable bonds is 6. The predicted octanol–water partition coefficient (Wildman–Crippen LogP) is 6.05. The number of carbonyl (C=O) groups excluding carboxylic acids is 1. The van der Waals surface area contributed by atoms with E-state index in [4.69, 9.17) is 21.3 Å². The molecule has 1 aromatic carbocycles. The number of carbonyl (C=O) groups is 1. The molecule has 2 aromatic rings. The highest BCUT2D eigenvalue weighted by Crippen LogP contribution is 2.27. The zero-order valence-corrected chi connectivity index (χ0v) is 21.9. The van der Waals surface area contributed by atoms with Crippen LogP contribution in [0.25, 0.3) is 10.9 Å². The zero-order valence-electron chi connectivity index (χ0n) is 19.5. The lowest BCUT2D eigenvalue weighted by Gasteiger charge is -2.25. The van der Waals surface area contributed by atoms with Crippen LogP contribution in [-0.2, 0) is 17.7 Å². The molecule has 0 fully saturated rings. The standard InChI is InChI=1S/C23H33BrClN3O3/c1-22(2,3)14-28-19(10-8-9-11-27(7)21(30)31-23(4,5)6)26-18-13-16(24)17(25)12-15(18)20(28)29/h12-13H,8-11,14H2,1-7H3. The Morgan fingerprint density at radius 2 is 1.84 bits per heavy atom. The number of amides is 1. The third-order valence-electron chi connectivity index (χ3n) is 4.56. The lowest BCUT2D eigenvalue weighted by atomic mass is 9.96. The fourth-order valence-corrected chi connectivity index (χ4v) is 3.65. The highest BCUT2D eigenvalue weighted by atomic mass is 79.9. The van der Waals surface area contributed by atoms with Crippen LogP contribution in [0.2, 0.25) is 5.02 Å². The molecule has 6 nitrogen and oxygen atoms in total. The van der Waals surface area contributed by atoms with Crippen molar-refractivity contribution in [3.05, 3.63) is 37.8 Å². The van der Waals surface area contributed by atoms with E-state index >= 15 is 0 Å². The third-order valence-corrected chi connectivity index (χ3v) is 5.75. The molecular weight excluding hydrogens is 482 g/mol. The van der Waals surface area contributed by atoms with Crippen LogP contribution in [0.1, 0.15) is 60.2 Å². The Labute approximate surface area is 198 Å². The Morgan fingerprint density at radius 1 is 1.19 bits per heavy atom. The molecule has 0 N–H and O–H groups in total. The molecule has 0 aliphatic carbocycles. The van der Waals surface area contributed by atoms with Crippen LogP contribution in [0.15, 0.2) is 21.4 Å². The van der Waals surface area contributed by atoms with Gasteiger partial charge >= 0.3 is 6.09 Å². The summed E-state index contributed by atoms with van der Waals surface area (Å²) in [5, 5.41) is 1.01. The van der Waals surface area contributed by atoms with E-state index in [9.17, 15) is 9.59 Å². The summed E-state index contributed by atoms with van der Waals surface area (Å²) in [7, 11) is 1.74. The molecule has 31 heavy (non-hydrogen) atoms. The Morgan fingerprint density at radius 3 is 2.42 bits per heavy atom. The highest BCUT2D eigenvalue weighted by Gasteiger charge is 2.20. The highest BCUT2D eigenvalue weighted by molar-refractivity contribution is 9.10. The van der Waals surface area contributed by atoms with Gasteiger partial charge in [-0.2, -0.15) is 0 Å². The van der Waals surface area contributed by atoms with E-state index in [-0.39, 0.29) is 17.1 Å². The Kier molecular flexibility index (Phi) is 8.20. The van der Waals surface area contributed by atoms with Crippen LogP contribution in [-0.4, -0.2) is 39.7 Å². The van der Waals surface area contributed by atoms with Gasteiger partial charge in [0.05, 0.1) is 15.9 Å². The Balaban J connectivity index is 2.20. The van der Waals surface area contributed by atoms with Gasteiger partial charge in [-0.05, 0) is 67.1 Å². The second kappa shape index (κ2) is 9.90. The van der Waals surface area contributed by atoms with Gasteiger partial charge in [0, 0.05) is 31.0 Å². The van der Waals surface area contributed by atoms with E-state index in [1.165, 1.54) is 0 Å². The monoisotopic (exact) mass is 513 g/mol. The molecule has 0 aliphatic heterocycles. The SMILES string of the molecule is CN(CCCCc1nc2cc(Br)c(Cl)cc2c(=O)n1CC(C)(C)C)C(=O)OC(C)(C)C. The first kappa shape index (κ1) is 25.7. The van der Waals surface area contributed by atoms with Gasteiger partial charge in [0.2, 0.25) is 0 Å². The number of hydrogen-bond acceptors (Lipinski definition) is 4. The smallest absolute Gasteiger partial charge is 0.410 e. The van der Waals surface area contributed by atoms with Gasteiger partial charge in [0.25, 0.3) is 5.56 Å². The molecule has 0 bridgehead atoms. The van der Waals surface area contributed by atoms with Gasteiger partial charge in [-0.15, -0.1) is 0 Å². The van der Waals surface area contributed by atoms with E-state index < -0.39 is 5.60 Å². The van der Waals surface area contributed by atoms with Gasteiger partial charge in [0.15, 0.2) is 0 Å². The maximum atomic E-state index is 13.2. The van der Waals surface area contributed by atoms with Crippen molar-refractivity contribution in [3.8, 4) is 0 Å². The number of aromatic nitrogens is 2. The van der Waals surface area contributed by atoms with Gasteiger partial charge in [0.1, 0.15) is 11.4 Å². The third kappa shape index (κ3) is 7.49. The van der Waals surface area contributed by atoms with Crippen LogP contribution < -0.4 is 5.56 Å². The van der Waals surface area contributed by atoms with Crippen molar-refractivity contribution in [1.29, 1.82) is 0 Å². The Hall–Kier alpha value is -1.60. The van der Waals surface area contributed by atoms with Crippen LogP contribution in [0.3, 0.4) is 0 Å². The quantitative estimate of drug-likeness (QED) is 0.440. The fraction of sp³-hybridized carbons (Fsp3) is 0.609. The summed E-state index contributed by atoms with van der Waals surface area (Å²) in [6.45, 7) is 13.0. The topological polar surface area (TPSA) is 64.4 Å². The molecular formula is C23H33BrClN3O3. The minimum absolute atomic E-state index is 0.0739. The molecule has 0 aliphatic rings. The molecule has 0 radical (unpaired) electrons. The average Bonchev–Trinajstić information content (AvgIpc) is 2.61. The van der Waals surface area contributed by atoms with Crippen molar-refractivity contribution < 1.29 is 9.53 Å².